The second-order valence-corrected chi connectivity index (χ2v) is 4.47. The molecule has 2 heterocycles. The number of benzene rings is 1. The average Bonchev–Trinajstić information content (AvgIpc) is 2.93. The Morgan fingerprint density at radius 1 is 1.33 bits per heavy atom. The number of aromatic nitrogens is 1. The van der Waals surface area contributed by atoms with Crippen molar-refractivity contribution in [2.75, 3.05) is 18.1 Å². The van der Waals surface area contributed by atoms with Crippen LogP contribution < -0.4 is 4.90 Å². The molecule has 0 aliphatic carbocycles. The lowest BCUT2D eigenvalue weighted by Crippen LogP contribution is -2.23. The SMILES string of the molecule is N#Cc1ccc(-c2ccc(N3CCOC3=O)cc2F)cn1. The van der Waals surface area contributed by atoms with Crippen LogP contribution in [0.1, 0.15) is 5.69 Å². The zero-order valence-corrected chi connectivity index (χ0v) is 10.9. The van der Waals surface area contributed by atoms with Crippen LogP contribution in [0.2, 0.25) is 0 Å². The third-order valence-electron chi connectivity index (χ3n) is 3.21. The number of amides is 1. The van der Waals surface area contributed by atoms with Gasteiger partial charge in [-0.2, -0.15) is 5.26 Å². The lowest BCUT2D eigenvalue weighted by atomic mass is 10.1. The van der Waals surface area contributed by atoms with Gasteiger partial charge in [0.1, 0.15) is 24.2 Å². The predicted molar refractivity (Wildman–Crippen MR) is 73.0 cm³/mol. The first-order chi connectivity index (χ1) is 10.2. The molecule has 5 nitrogen and oxygen atoms in total. The van der Waals surface area contributed by atoms with Crippen molar-refractivity contribution in [3.8, 4) is 17.2 Å². The molecule has 6 heteroatoms. The minimum Gasteiger partial charge on any atom is -0.447 e. The third-order valence-corrected chi connectivity index (χ3v) is 3.21. The molecular weight excluding hydrogens is 273 g/mol. The van der Waals surface area contributed by atoms with Crippen LogP contribution in [0.4, 0.5) is 14.9 Å². The molecule has 0 saturated carbocycles. The standard InChI is InChI=1S/C15H10FN3O2/c16-14-7-12(19-5-6-21-15(19)20)3-4-13(14)10-1-2-11(8-17)18-9-10/h1-4,7,9H,5-6H2. The maximum absolute atomic E-state index is 14.2. The predicted octanol–water partition coefficient (Wildman–Crippen LogP) is 2.72. The fourth-order valence-corrected chi connectivity index (χ4v) is 2.15. The Morgan fingerprint density at radius 3 is 2.76 bits per heavy atom. The van der Waals surface area contributed by atoms with Crippen LogP contribution in [0.15, 0.2) is 36.5 Å². The number of hydrogen-bond donors (Lipinski definition) is 0. The molecule has 1 amide bonds. The maximum atomic E-state index is 14.2. The summed E-state index contributed by atoms with van der Waals surface area (Å²) in [4.78, 5) is 16.7. The molecule has 21 heavy (non-hydrogen) atoms. The Kier molecular flexibility index (Phi) is 3.24. The molecule has 1 aromatic carbocycles. The van der Waals surface area contributed by atoms with E-state index < -0.39 is 11.9 Å². The average molecular weight is 283 g/mol. The summed E-state index contributed by atoms with van der Waals surface area (Å²) in [5.74, 6) is -0.460. The molecule has 1 aliphatic rings. The molecule has 0 atom stereocenters. The zero-order chi connectivity index (χ0) is 14.8. The second-order valence-electron chi connectivity index (χ2n) is 4.47. The molecule has 1 fully saturated rings. The normalized spacial score (nSPS) is 13.9. The summed E-state index contributed by atoms with van der Waals surface area (Å²) in [5.41, 5.74) is 1.67. The van der Waals surface area contributed by atoms with Crippen LogP contribution in [-0.4, -0.2) is 24.2 Å². The van der Waals surface area contributed by atoms with Gasteiger partial charge in [-0.05, 0) is 30.3 Å². The number of nitrogens with zero attached hydrogens (tertiary/aromatic N) is 3. The summed E-state index contributed by atoms with van der Waals surface area (Å²) < 4.78 is 19.1. The highest BCUT2D eigenvalue weighted by Gasteiger charge is 2.24. The number of hydrogen-bond acceptors (Lipinski definition) is 4. The van der Waals surface area contributed by atoms with E-state index >= 15 is 0 Å². The van der Waals surface area contributed by atoms with Gasteiger partial charge < -0.3 is 4.74 Å². The van der Waals surface area contributed by atoms with E-state index in [1.807, 2.05) is 6.07 Å². The number of ether oxygens (including phenoxy) is 1. The smallest absolute Gasteiger partial charge is 0.414 e. The minimum atomic E-state index is -0.470. The van der Waals surface area contributed by atoms with Crippen LogP contribution in [0.25, 0.3) is 11.1 Å². The van der Waals surface area contributed by atoms with E-state index in [1.165, 1.54) is 23.2 Å². The van der Waals surface area contributed by atoms with Gasteiger partial charge in [-0.15, -0.1) is 0 Å². The second kappa shape index (κ2) is 5.21. The quantitative estimate of drug-likeness (QED) is 0.850. The first-order valence-electron chi connectivity index (χ1n) is 6.29. The molecule has 3 rings (SSSR count). The van der Waals surface area contributed by atoms with Gasteiger partial charge in [0.05, 0.1) is 12.2 Å². The molecule has 1 aliphatic heterocycles. The summed E-state index contributed by atoms with van der Waals surface area (Å²) in [6.07, 6.45) is 0.975. The molecule has 0 spiro atoms. The molecule has 104 valence electrons. The van der Waals surface area contributed by atoms with Crippen LogP contribution in [-0.2, 0) is 4.74 Å². The minimum absolute atomic E-state index is 0.274. The van der Waals surface area contributed by atoms with Gasteiger partial charge in [-0.1, -0.05) is 0 Å². The summed E-state index contributed by atoms with van der Waals surface area (Å²) in [7, 11) is 0. The van der Waals surface area contributed by atoms with Gasteiger partial charge in [-0.3, -0.25) is 4.90 Å². The van der Waals surface area contributed by atoms with Gasteiger partial charge in [-0.25, -0.2) is 14.2 Å². The van der Waals surface area contributed by atoms with Crippen LogP contribution >= 0.6 is 0 Å². The van der Waals surface area contributed by atoms with Crippen molar-refractivity contribution in [3.63, 3.8) is 0 Å². The number of carbonyl (C=O) groups is 1. The first-order valence-corrected chi connectivity index (χ1v) is 6.29. The first kappa shape index (κ1) is 13.1. The van der Waals surface area contributed by atoms with Gasteiger partial charge in [0.2, 0.25) is 0 Å². The van der Waals surface area contributed by atoms with Crippen molar-refractivity contribution < 1.29 is 13.9 Å². The van der Waals surface area contributed by atoms with Crippen LogP contribution in [0.5, 0.6) is 0 Å². The summed E-state index contributed by atoms with van der Waals surface area (Å²) >= 11 is 0. The van der Waals surface area contributed by atoms with Crippen molar-refractivity contribution in [1.82, 2.24) is 4.98 Å². The lowest BCUT2D eigenvalue weighted by molar-refractivity contribution is 0.181. The highest BCUT2D eigenvalue weighted by Crippen LogP contribution is 2.27. The number of halogens is 1. The number of pyridine rings is 1. The van der Waals surface area contributed by atoms with Crippen LogP contribution in [0, 0.1) is 17.1 Å². The van der Waals surface area contributed by atoms with Crippen molar-refractivity contribution in [2.45, 2.75) is 0 Å². The maximum Gasteiger partial charge on any atom is 0.414 e. The number of rotatable bonds is 2. The molecule has 0 bridgehead atoms. The van der Waals surface area contributed by atoms with Crippen molar-refractivity contribution >= 4 is 11.8 Å². The Balaban J connectivity index is 1.94. The Hall–Kier alpha value is -2.94. The van der Waals surface area contributed by atoms with E-state index in [4.69, 9.17) is 10.00 Å². The van der Waals surface area contributed by atoms with Gasteiger partial charge in [0.25, 0.3) is 0 Å². The molecule has 1 saturated heterocycles. The van der Waals surface area contributed by atoms with Crippen molar-refractivity contribution in [3.05, 3.63) is 48.0 Å². The van der Waals surface area contributed by atoms with E-state index in [0.717, 1.165) is 0 Å². The largest absolute Gasteiger partial charge is 0.447 e. The van der Waals surface area contributed by atoms with Crippen LogP contribution in [0.3, 0.4) is 0 Å². The van der Waals surface area contributed by atoms with Gasteiger partial charge in [0.15, 0.2) is 0 Å². The van der Waals surface area contributed by atoms with Crippen molar-refractivity contribution in [2.24, 2.45) is 0 Å². The number of cyclic esters (lactones) is 1. The fraction of sp³-hybridized carbons (Fsp3) is 0.133. The summed E-state index contributed by atoms with van der Waals surface area (Å²) in [5, 5.41) is 8.70. The van der Waals surface area contributed by atoms with Gasteiger partial charge >= 0.3 is 6.09 Å². The van der Waals surface area contributed by atoms with E-state index in [-0.39, 0.29) is 5.69 Å². The van der Waals surface area contributed by atoms with E-state index in [2.05, 4.69) is 4.98 Å². The van der Waals surface area contributed by atoms with Gasteiger partial charge in [0, 0.05) is 17.3 Å². The molecule has 2 aromatic rings. The number of nitriles is 1. The number of carbonyl (C=O) groups excluding carboxylic acids is 1. The van der Waals surface area contributed by atoms with E-state index in [9.17, 15) is 9.18 Å². The Bertz CT molecular complexity index is 738. The Morgan fingerprint density at radius 2 is 2.19 bits per heavy atom. The topological polar surface area (TPSA) is 66.2 Å². The highest BCUT2D eigenvalue weighted by molar-refractivity contribution is 5.89. The summed E-state index contributed by atoms with van der Waals surface area (Å²) in [6, 6.07) is 9.60. The zero-order valence-electron chi connectivity index (χ0n) is 10.9. The molecular formula is C15H10FN3O2. The lowest BCUT2D eigenvalue weighted by Gasteiger charge is -2.13. The monoisotopic (exact) mass is 283 g/mol. The number of anilines is 1. The molecule has 0 radical (unpaired) electrons. The highest BCUT2D eigenvalue weighted by atomic mass is 19.1. The molecule has 1 aromatic heterocycles. The van der Waals surface area contributed by atoms with E-state index in [0.29, 0.717) is 30.0 Å². The Labute approximate surface area is 120 Å². The summed E-state index contributed by atoms with van der Waals surface area (Å²) in [6.45, 7) is 0.720. The third kappa shape index (κ3) is 2.41. The van der Waals surface area contributed by atoms with E-state index in [1.54, 1.807) is 18.2 Å². The van der Waals surface area contributed by atoms with Crippen molar-refractivity contribution in [1.29, 1.82) is 5.26 Å². The molecule has 0 N–H and O–H groups in total. The molecule has 0 unspecified atom stereocenters. The fourth-order valence-electron chi connectivity index (χ4n) is 2.15.